The van der Waals surface area contributed by atoms with Crippen LogP contribution < -0.4 is 10.6 Å². The van der Waals surface area contributed by atoms with E-state index in [-0.39, 0.29) is 0 Å². The van der Waals surface area contributed by atoms with Crippen molar-refractivity contribution in [2.24, 2.45) is 0 Å². The maximum Gasteiger partial charge on any atom is 0.0321 e. The Kier molecular flexibility index (Phi) is 8.50. The van der Waals surface area contributed by atoms with Crippen LogP contribution in [0, 0.1) is 27.7 Å². The van der Waals surface area contributed by atoms with Gasteiger partial charge in [-0.25, -0.2) is 4.44 Å². The number of hydrogen-bond donors (Lipinski definition) is 0. The van der Waals surface area contributed by atoms with Crippen molar-refractivity contribution in [3.8, 4) is 0 Å². The monoisotopic (exact) mass is 537 g/mol. The van der Waals surface area contributed by atoms with Crippen LogP contribution in [0.1, 0.15) is 71.4 Å². The number of aryl methyl sites for hydroxylation is 4. The van der Waals surface area contributed by atoms with Gasteiger partial charge in [-0.3, -0.25) is 0 Å². The molecule has 0 N–H and O–H groups in total. The maximum atomic E-state index is 3.01. The molecule has 2 unspecified atom stereocenters. The highest BCUT2D eigenvalue weighted by atomic mass is 31.2. The normalized spacial score (nSPS) is 19.6. The summed E-state index contributed by atoms with van der Waals surface area (Å²) in [5.74, 6) is 0. The maximum absolute atomic E-state index is 3.01. The van der Waals surface area contributed by atoms with Crippen LogP contribution >= 0.6 is 16.1 Å². The summed E-state index contributed by atoms with van der Waals surface area (Å²) in [5.41, 5.74) is 9.61. The van der Waals surface area contributed by atoms with E-state index in [1.807, 2.05) is 0 Å². The van der Waals surface area contributed by atoms with Gasteiger partial charge in [-0.1, -0.05) is 95.1 Å². The Morgan fingerprint density at radius 3 is 1.32 bits per heavy atom. The van der Waals surface area contributed by atoms with Crippen molar-refractivity contribution in [3.05, 3.63) is 130 Å². The zero-order valence-electron chi connectivity index (χ0n) is 23.7. The highest BCUT2D eigenvalue weighted by Gasteiger charge is 2.45. The molecule has 0 amide bonds. The van der Waals surface area contributed by atoms with E-state index < -0.39 is 16.1 Å². The molecule has 1 nitrogen and oxygen atoms in total. The van der Waals surface area contributed by atoms with Gasteiger partial charge < -0.3 is 0 Å². The zero-order valence-corrected chi connectivity index (χ0v) is 25.5. The third-order valence-electron chi connectivity index (χ3n) is 7.53. The highest BCUT2D eigenvalue weighted by Crippen LogP contribution is 2.76. The first-order valence-corrected chi connectivity index (χ1v) is 16.7. The first-order valence-electron chi connectivity index (χ1n) is 14.0. The van der Waals surface area contributed by atoms with E-state index in [0.717, 1.165) is 0 Å². The van der Waals surface area contributed by atoms with E-state index in [9.17, 15) is 0 Å². The molecule has 0 aliphatic carbocycles. The Hall–Kier alpha value is -2.30. The van der Waals surface area contributed by atoms with E-state index in [0.29, 0.717) is 17.4 Å². The smallest absolute Gasteiger partial charge is 0.0321 e. The predicted molar refractivity (Wildman–Crippen MR) is 170 cm³/mol. The molecule has 0 spiro atoms. The van der Waals surface area contributed by atoms with Crippen molar-refractivity contribution in [1.29, 1.82) is 0 Å². The molecule has 3 heteroatoms. The Morgan fingerprint density at radius 2 is 0.974 bits per heavy atom. The van der Waals surface area contributed by atoms with Gasteiger partial charge in [0.1, 0.15) is 0 Å². The van der Waals surface area contributed by atoms with Crippen molar-refractivity contribution >= 4 is 26.8 Å². The fraction of sp³-hybridized carbons (Fsp3) is 0.314. The molecule has 1 aliphatic heterocycles. The van der Waals surface area contributed by atoms with Gasteiger partial charge in [-0.15, -0.1) is 0 Å². The van der Waals surface area contributed by atoms with Crippen LogP contribution in [0.2, 0.25) is 0 Å². The molecule has 1 saturated heterocycles. The van der Waals surface area contributed by atoms with Gasteiger partial charge >= 0.3 is 0 Å². The van der Waals surface area contributed by atoms with Gasteiger partial charge in [0.25, 0.3) is 0 Å². The lowest BCUT2D eigenvalue weighted by molar-refractivity contribution is 0.569. The Labute approximate surface area is 232 Å². The molecule has 38 heavy (non-hydrogen) atoms. The Bertz CT molecular complexity index is 1230. The lowest BCUT2D eigenvalue weighted by atomic mass is 10.0. The van der Waals surface area contributed by atoms with E-state index in [2.05, 4.69) is 143 Å². The molecule has 4 aromatic carbocycles. The van der Waals surface area contributed by atoms with Gasteiger partial charge in [-0.2, -0.15) is 0 Å². The summed E-state index contributed by atoms with van der Waals surface area (Å²) in [5, 5.41) is 2.98. The molecular formula is C35H41NP2. The Balaban J connectivity index is 1.73. The third-order valence-corrected chi connectivity index (χ3v) is 14.4. The van der Waals surface area contributed by atoms with Gasteiger partial charge in [0.15, 0.2) is 0 Å². The van der Waals surface area contributed by atoms with Crippen molar-refractivity contribution < 1.29 is 0 Å². The lowest BCUT2D eigenvalue weighted by Crippen LogP contribution is -2.32. The van der Waals surface area contributed by atoms with Gasteiger partial charge in [0, 0.05) is 25.4 Å². The number of hydrogen-bond acceptors (Lipinski definition) is 1. The SMILES string of the molecule is Cc1cc(C)cc(P(c2cc(C)cc(C)c2)N(C(C)C)P2C(c3ccccc3)CCC2c2ccccc2)c1. The molecular weight excluding hydrogens is 496 g/mol. The summed E-state index contributed by atoms with van der Waals surface area (Å²) in [4.78, 5) is 0. The first kappa shape index (κ1) is 27.3. The van der Waals surface area contributed by atoms with E-state index in [4.69, 9.17) is 0 Å². The van der Waals surface area contributed by atoms with E-state index in [1.54, 1.807) is 0 Å². The summed E-state index contributed by atoms with van der Waals surface area (Å²) in [6.45, 7) is 13.9. The zero-order chi connectivity index (χ0) is 26.8. The van der Waals surface area contributed by atoms with Crippen molar-refractivity contribution in [3.63, 3.8) is 0 Å². The second-order valence-corrected chi connectivity index (χ2v) is 16.1. The molecule has 0 bridgehead atoms. The molecule has 2 atom stereocenters. The minimum atomic E-state index is -0.701. The van der Waals surface area contributed by atoms with Gasteiger partial charge in [0.05, 0.1) is 0 Å². The van der Waals surface area contributed by atoms with Crippen LogP contribution in [0.15, 0.2) is 97.1 Å². The summed E-state index contributed by atoms with van der Waals surface area (Å²) in [6.07, 6.45) is 2.50. The summed E-state index contributed by atoms with van der Waals surface area (Å²) in [6, 6.07) is 37.7. The molecule has 196 valence electrons. The summed E-state index contributed by atoms with van der Waals surface area (Å²) in [7, 11) is -1.19. The lowest BCUT2D eigenvalue weighted by Gasteiger charge is -2.45. The molecule has 4 aromatic rings. The number of nitrogens with zero attached hydrogens (tertiary/aromatic N) is 1. The van der Waals surface area contributed by atoms with Crippen LogP contribution in [0.25, 0.3) is 0 Å². The minimum Gasteiger partial charge on any atom is -0.249 e. The van der Waals surface area contributed by atoms with Crippen LogP contribution in [0.4, 0.5) is 0 Å². The third kappa shape index (κ3) is 5.82. The van der Waals surface area contributed by atoms with Crippen LogP contribution in [-0.2, 0) is 0 Å². The fourth-order valence-electron chi connectivity index (χ4n) is 6.20. The van der Waals surface area contributed by atoms with Crippen LogP contribution in [0.3, 0.4) is 0 Å². The van der Waals surface area contributed by atoms with Gasteiger partial charge in [-0.05, 0) is 108 Å². The first-order chi connectivity index (χ1) is 18.3. The minimum absolute atomic E-state index is 0.435. The highest BCUT2D eigenvalue weighted by molar-refractivity contribution is 7.79. The second-order valence-electron chi connectivity index (χ2n) is 11.2. The standard InChI is InChI=1S/C35H41NP2/c1-25(2)36(37(32-21-26(3)19-27(4)22-32)33-23-28(5)20-29(6)24-33)38-34(30-13-9-7-10-14-30)17-18-35(38)31-15-11-8-12-16-31/h7-16,19-25,34-35H,17-18H2,1-6H3. The predicted octanol–water partition coefficient (Wildman–Crippen LogP) is 9.65. The van der Waals surface area contributed by atoms with E-state index >= 15 is 0 Å². The average Bonchev–Trinajstić information content (AvgIpc) is 3.31. The molecule has 0 aromatic heterocycles. The average molecular weight is 538 g/mol. The molecule has 1 fully saturated rings. The largest absolute Gasteiger partial charge is 0.249 e. The topological polar surface area (TPSA) is 3.24 Å². The second kappa shape index (κ2) is 11.8. The van der Waals surface area contributed by atoms with Crippen molar-refractivity contribution in [1.82, 2.24) is 4.44 Å². The van der Waals surface area contributed by atoms with Crippen molar-refractivity contribution in [2.45, 2.75) is 71.7 Å². The molecule has 1 heterocycles. The van der Waals surface area contributed by atoms with Crippen LogP contribution in [0.5, 0.6) is 0 Å². The van der Waals surface area contributed by atoms with Crippen LogP contribution in [-0.4, -0.2) is 10.5 Å². The summed E-state index contributed by atoms with van der Waals surface area (Å²) >= 11 is 0. The molecule has 5 rings (SSSR count). The number of rotatable bonds is 7. The van der Waals surface area contributed by atoms with Crippen molar-refractivity contribution in [2.75, 3.05) is 0 Å². The fourth-order valence-corrected chi connectivity index (χ4v) is 14.3. The number of benzene rings is 4. The molecule has 0 saturated carbocycles. The van der Waals surface area contributed by atoms with E-state index in [1.165, 1.54) is 56.8 Å². The molecule has 1 aliphatic rings. The summed E-state index contributed by atoms with van der Waals surface area (Å²) < 4.78 is 3.01. The quantitative estimate of drug-likeness (QED) is 0.212. The van der Waals surface area contributed by atoms with Gasteiger partial charge in [0.2, 0.25) is 0 Å². The Morgan fingerprint density at radius 1 is 0.605 bits per heavy atom. The molecule has 0 radical (unpaired) electrons.